The van der Waals surface area contributed by atoms with E-state index in [-0.39, 0.29) is 17.9 Å². The number of benzene rings is 1. The van der Waals surface area contributed by atoms with Crippen molar-refractivity contribution in [3.63, 3.8) is 0 Å². The van der Waals surface area contributed by atoms with Gasteiger partial charge >= 0.3 is 6.09 Å². The number of carbonyl (C=O) groups is 2. The summed E-state index contributed by atoms with van der Waals surface area (Å²) >= 11 is 3.40. The Kier molecular flexibility index (Phi) is 5.27. The van der Waals surface area contributed by atoms with Gasteiger partial charge in [0, 0.05) is 23.5 Å². The van der Waals surface area contributed by atoms with Gasteiger partial charge in [-0.3, -0.25) is 0 Å². The number of likely N-dealkylation sites (tertiary alicyclic amines) is 1. The Morgan fingerprint density at radius 3 is 2.55 bits per heavy atom. The lowest BCUT2D eigenvalue weighted by atomic mass is 9.86. The first kappa shape index (κ1) is 17.0. The molecule has 0 bridgehead atoms. The summed E-state index contributed by atoms with van der Waals surface area (Å²) in [4.78, 5) is 25.3. The first-order valence-corrected chi connectivity index (χ1v) is 8.28. The van der Waals surface area contributed by atoms with Crippen LogP contribution < -0.4 is 0 Å². The van der Waals surface area contributed by atoms with Crippen LogP contribution in [0, 0.1) is 5.92 Å². The quantitative estimate of drug-likeness (QED) is 0.758. The summed E-state index contributed by atoms with van der Waals surface area (Å²) in [7, 11) is 0. The lowest BCUT2D eigenvalue weighted by Crippen LogP contribution is -2.35. The van der Waals surface area contributed by atoms with Crippen LogP contribution in [0.15, 0.2) is 28.7 Å². The summed E-state index contributed by atoms with van der Waals surface area (Å²) in [6.07, 6.45) is 1.51. The molecule has 1 saturated heterocycles. The first-order valence-electron chi connectivity index (χ1n) is 7.49. The molecule has 1 aliphatic rings. The molecule has 120 valence electrons. The molecular formula is C17H22BrNO3. The van der Waals surface area contributed by atoms with Gasteiger partial charge in [0.2, 0.25) is 0 Å². The van der Waals surface area contributed by atoms with Gasteiger partial charge < -0.3 is 14.4 Å². The molecule has 5 heteroatoms. The van der Waals surface area contributed by atoms with Crippen molar-refractivity contribution in [2.24, 2.45) is 5.92 Å². The van der Waals surface area contributed by atoms with E-state index in [2.05, 4.69) is 15.9 Å². The van der Waals surface area contributed by atoms with Crippen molar-refractivity contribution in [3.05, 3.63) is 34.3 Å². The van der Waals surface area contributed by atoms with Gasteiger partial charge in [-0.1, -0.05) is 28.1 Å². The number of halogens is 1. The predicted octanol–water partition coefficient (Wildman–Crippen LogP) is 3.99. The summed E-state index contributed by atoms with van der Waals surface area (Å²) in [6, 6.07) is 7.79. The number of carbonyl (C=O) groups excluding carboxylic acids is 2. The number of hydrogen-bond donors (Lipinski definition) is 0. The van der Waals surface area contributed by atoms with Crippen LogP contribution in [0.5, 0.6) is 0 Å². The SMILES string of the molecule is CC(C)(C)OC(=O)N1CCC(C(C=O)c2ccc(Br)cc2)C1. The van der Waals surface area contributed by atoms with Crippen molar-refractivity contribution in [1.82, 2.24) is 4.90 Å². The molecule has 1 aromatic carbocycles. The highest BCUT2D eigenvalue weighted by atomic mass is 79.9. The highest BCUT2D eigenvalue weighted by Gasteiger charge is 2.34. The van der Waals surface area contributed by atoms with Crippen LogP contribution in [-0.4, -0.2) is 36.0 Å². The summed E-state index contributed by atoms with van der Waals surface area (Å²) in [5, 5.41) is 0. The maximum Gasteiger partial charge on any atom is 0.410 e. The number of rotatable bonds is 3. The van der Waals surface area contributed by atoms with Gasteiger partial charge in [0.1, 0.15) is 11.9 Å². The van der Waals surface area contributed by atoms with Crippen molar-refractivity contribution >= 4 is 28.3 Å². The smallest absolute Gasteiger partial charge is 0.410 e. The molecule has 2 rings (SSSR count). The minimum atomic E-state index is -0.495. The summed E-state index contributed by atoms with van der Waals surface area (Å²) in [5.74, 6) is -0.0354. The standard InChI is InChI=1S/C17H22BrNO3/c1-17(2,3)22-16(21)19-9-8-13(10-19)15(11-20)12-4-6-14(18)7-5-12/h4-7,11,13,15H,8-10H2,1-3H3. The molecule has 1 amide bonds. The molecule has 0 aliphatic carbocycles. The lowest BCUT2D eigenvalue weighted by Gasteiger charge is -2.25. The zero-order chi connectivity index (χ0) is 16.3. The minimum absolute atomic E-state index is 0.145. The number of nitrogens with zero attached hydrogens (tertiary/aromatic N) is 1. The molecule has 0 radical (unpaired) electrons. The van der Waals surface area contributed by atoms with E-state index in [1.807, 2.05) is 45.0 Å². The Morgan fingerprint density at radius 1 is 1.36 bits per heavy atom. The van der Waals surface area contributed by atoms with Crippen LogP contribution in [0.3, 0.4) is 0 Å². The zero-order valence-electron chi connectivity index (χ0n) is 13.2. The Bertz CT molecular complexity index is 536. The van der Waals surface area contributed by atoms with E-state index >= 15 is 0 Å². The van der Waals surface area contributed by atoms with Crippen molar-refractivity contribution in [2.45, 2.75) is 38.7 Å². The highest BCUT2D eigenvalue weighted by molar-refractivity contribution is 9.10. The molecule has 0 saturated carbocycles. The number of aldehydes is 1. The zero-order valence-corrected chi connectivity index (χ0v) is 14.8. The van der Waals surface area contributed by atoms with Gasteiger partial charge in [0.15, 0.2) is 0 Å². The Hall–Kier alpha value is -1.36. The molecule has 4 nitrogen and oxygen atoms in total. The normalized spacial score (nSPS) is 19.8. The van der Waals surface area contributed by atoms with Crippen molar-refractivity contribution < 1.29 is 14.3 Å². The maximum atomic E-state index is 12.1. The molecule has 0 aromatic heterocycles. The summed E-state index contributed by atoms with van der Waals surface area (Å²) < 4.78 is 6.39. The van der Waals surface area contributed by atoms with Crippen LogP contribution in [0.25, 0.3) is 0 Å². The summed E-state index contributed by atoms with van der Waals surface area (Å²) in [6.45, 7) is 6.77. The summed E-state index contributed by atoms with van der Waals surface area (Å²) in [5.41, 5.74) is 0.500. The fourth-order valence-electron chi connectivity index (χ4n) is 2.72. The molecule has 0 N–H and O–H groups in total. The molecule has 1 aromatic rings. The molecule has 2 unspecified atom stereocenters. The lowest BCUT2D eigenvalue weighted by molar-refractivity contribution is -0.110. The van der Waals surface area contributed by atoms with Gasteiger partial charge in [-0.2, -0.15) is 0 Å². The highest BCUT2D eigenvalue weighted by Crippen LogP contribution is 2.32. The van der Waals surface area contributed by atoms with Crippen molar-refractivity contribution in [1.29, 1.82) is 0 Å². The molecule has 22 heavy (non-hydrogen) atoms. The van der Waals surface area contributed by atoms with Crippen molar-refractivity contribution in [3.8, 4) is 0 Å². The topological polar surface area (TPSA) is 46.6 Å². The number of hydrogen-bond acceptors (Lipinski definition) is 3. The van der Waals surface area contributed by atoms with E-state index in [4.69, 9.17) is 4.74 Å². The average molecular weight is 368 g/mol. The molecule has 2 atom stereocenters. The second-order valence-corrected chi connectivity index (χ2v) is 7.60. The second kappa shape index (κ2) is 6.82. The Labute approximate surface area is 140 Å². The third kappa shape index (κ3) is 4.32. The van der Waals surface area contributed by atoms with Crippen LogP contribution in [0.1, 0.15) is 38.7 Å². The largest absolute Gasteiger partial charge is 0.444 e. The van der Waals surface area contributed by atoms with E-state index in [0.29, 0.717) is 13.1 Å². The van der Waals surface area contributed by atoms with Gasteiger partial charge in [0.05, 0.1) is 0 Å². The van der Waals surface area contributed by atoms with E-state index in [1.54, 1.807) is 4.90 Å². The minimum Gasteiger partial charge on any atom is -0.444 e. The van der Waals surface area contributed by atoms with Crippen LogP contribution in [-0.2, 0) is 9.53 Å². The van der Waals surface area contributed by atoms with E-state index < -0.39 is 5.60 Å². The fraction of sp³-hybridized carbons (Fsp3) is 0.529. The van der Waals surface area contributed by atoms with Crippen LogP contribution in [0.4, 0.5) is 4.79 Å². The van der Waals surface area contributed by atoms with Gasteiger partial charge in [-0.05, 0) is 50.8 Å². The fourth-order valence-corrected chi connectivity index (χ4v) is 2.98. The third-order valence-electron chi connectivity index (χ3n) is 3.79. The van der Waals surface area contributed by atoms with Gasteiger partial charge in [0.25, 0.3) is 0 Å². The van der Waals surface area contributed by atoms with Gasteiger partial charge in [-0.25, -0.2) is 4.79 Å². The van der Waals surface area contributed by atoms with Crippen molar-refractivity contribution in [2.75, 3.05) is 13.1 Å². The molecule has 1 heterocycles. The average Bonchev–Trinajstić information content (AvgIpc) is 2.89. The number of amides is 1. The third-order valence-corrected chi connectivity index (χ3v) is 4.31. The maximum absolute atomic E-state index is 12.1. The Morgan fingerprint density at radius 2 is 2.00 bits per heavy atom. The Balaban J connectivity index is 2.03. The molecule has 0 spiro atoms. The number of ether oxygens (including phenoxy) is 1. The van der Waals surface area contributed by atoms with E-state index in [1.165, 1.54) is 0 Å². The predicted molar refractivity (Wildman–Crippen MR) is 88.9 cm³/mol. The molecule has 1 fully saturated rings. The first-order chi connectivity index (χ1) is 10.3. The van der Waals surface area contributed by atoms with Crippen LogP contribution >= 0.6 is 15.9 Å². The van der Waals surface area contributed by atoms with Gasteiger partial charge in [-0.15, -0.1) is 0 Å². The van der Waals surface area contributed by atoms with E-state index in [0.717, 1.165) is 22.7 Å². The molecular weight excluding hydrogens is 346 g/mol. The molecule has 1 aliphatic heterocycles. The second-order valence-electron chi connectivity index (χ2n) is 6.69. The van der Waals surface area contributed by atoms with Crippen LogP contribution in [0.2, 0.25) is 0 Å². The van der Waals surface area contributed by atoms with E-state index in [9.17, 15) is 9.59 Å². The monoisotopic (exact) mass is 367 g/mol.